The lowest BCUT2D eigenvalue weighted by atomic mass is 10.2. The van der Waals surface area contributed by atoms with Gasteiger partial charge < -0.3 is 14.6 Å². The molecule has 6 nitrogen and oxygen atoms in total. The van der Waals surface area contributed by atoms with E-state index in [1.807, 2.05) is 42.8 Å². The summed E-state index contributed by atoms with van der Waals surface area (Å²) in [5.74, 6) is 1.67. The summed E-state index contributed by atoms with van der Waals surface area (Å²) in [7, 11) is 1.88. The van der Waals surface area contributed by atoms with E-state index in [9.17, 15) is 4.79 Å². The number of thioether (sulfide) groups is 1. The highest BCUT2D eigenvalue weighted by Crippen LogP contribution is 2.24. The largest absolute Gasteiger partial charge is 0.494 e. The van der Waals surface area contributed by atoms with Gasteiger partial charge in [0.25, 0.3) is 0 Å². The van der Waals surface area contributed by atoms with Crippen molar-refractivity contribution >= 4 is 35.0 Å². The van der Waals surface area contributed by atoms with Crippen molar-refractivity contribution in [2.24, 2.45) is 7.05 Å². The Labute approximate surface area is 166 Å². The van der Waals surface area contributed by atoms with Crippen molar-refractivity contribution in [3.05, 3.63) is 53.6 Å². The van der Waals surface area contributed by atoms with Gasteiger partial charge >= 0.3 is 0 Å². The molecule has 0 unspecified atom stereocenters. The molecule has 0 spiro atoms. The van der Waals surface area contributed by atoms with Crippen LogP contribution in [-0.4, -0.2) is 33.0 Å². The molecule has 0 saturated heterocycles. The van der Waals surface area contributed by atoms with Gasteiger partial charge in [0, 0.05) is 23.3 Å². The summed E-state index contributed by atoms with van der Waals surface area (Å²) in [5.41, 5.74) is 1.64. The second-order valence-electron chi connectivity index (χ2n) is 5.67. The van der Waals surface area contributed by atoms with Gasteiger partial charge in [-0.15, -0.1) is 10.2 Å². The van der Waals surface area contributed by atoms with Crippen LogP contribution in [-0.2, 0) is 11.8 Å². The summed E-state index contributed by atoms with van der Waals surface area (Å²) in [6, 6.07) is 14.7. The molecule has 1 heterocycles. The predicted octanol–water partition coefficient (Wildman–Crippen LogP) is 4.27. The fourth-order valence-corrected chi connectivity index (χ4v) is 3.26. The average Bonchev–Trinajstić information content (AvgIpc) is 3.03. The highest BCUT2D eigenvalue weighted by atomic mass is 35.5. The van der Waals surface area contributed by atoms with E-state index in [0.29, 0.717) is 22.5 Å². The highest BCUT2D eigenvalue weighted by molar-refractivity contribution is 7.99. The molecule has 0 fully saturated rings. The van der Waals surface area contributed by atoms with Crippen molar-refractivity contribution in [1.82, 2.24) is 14.8 Å². The van der Waals surface area contributed by atoms with Gasteiger partial charge in [-0.1, -0.05) is 23.4 Å². The van der Waals surface area contributed by atoms with Gasteiger partial charge in [-0.3, -0.25) is 4.79 Å². The number of carbonyl (C=O) groups excluding carboxylic acids is 1. The molecule has 0 aliphatic heterocycles. The Balaban J connectivity index is 1.61. The van der Waals surface area contributed by atoms with Crippen LogP contribution in [0.3, 0.4) is 0 Å². The number of amides is 1. The lowest BCUT2D eigenvalue weighted by molar-refractivity contribution is -0.113. The number of hydrogen-bond donors (Lipinski definition) is 1. The fourth-order valence-electron chi connectivity index (χ4n) is 2.42. The second kappa shape index (κ2) is 8.92. The van der Waals surface area contributed by atoms with Gasteiger partial charge in [-0.05, 0) is 55.5 Å². The lowest BCUT2D eigenvalue weighted by Crippen LogP contribution is -2.14. The van der Waals surface area contributed by atoms with Crippen molar-refractivity contribution < 1.29 is 9.53 Å². The first-order chi connectivity index (χ1) is 13.1. The Bertz CT molecular complexity index is 910. The van der Waals surface area contributed by atoms with E-state index in [4.69, 9.17) is 16.3 Å². The zero-order chi connectivity index (χ0) is 19.2. The van der Waals surface area contributed by atoms with E-state index < -0.39 is 0 Å². The maximum Gasteiger partial charge on any atom is 0.234 e. The van der Waals surface area contributed by atoms with E-state index >= 15 is 0 Å². The minimum atomic E-state index is -0.118. The number of hydrogen-bond acceptors (Lipinski definition) is 5. The molecule has 3 rings (SSSR count). The number of nitrogens with zero attached hydrogens (tertiary/aromatic N) is 3. The minimum Gasteiger partial charge on any atom is -0.494 e. The third-order valence-corrected chi connectivity index (χ3v) is 4.99. The van der Waals surface area contributed by atoms with Crippen molar-refractivity contribution in [3.8, 4) is 17.1 Å². The Morgan fingerprint density at radius 2 is 1.85 bits per heavy atom. The quantitative estimate of drug-likeness (QED) is 0.598. The topological polar surface area (TPSA) is 69.0 Å². The number of anilines is 1. The maximum atomic E-state index is 12.1. The molecule has 0 aliphatic carbocycles. The Kier molecular flexibility index (Phi) is 6.36. The normalized spacial score (nSPS) is 10.6. The smallest absolute Gasteiger partial charge is 0.234 e. The maximum absolute atomic E-state index is 12.1. The average molecular weight is 403 g/mol. The third kappa shape index (κ3) is 5.02. The molecule has 8 heteroatoms. The predicted molar refractivity (Wildman–Crippen MR) is 108 cm³/mol. The van der Waals surface area contributed by atoms with Gasteiger partial charge in [-0.2, -0.15) is 0 Å². The van der Waals surface area contributed by atoms with Gasteiger partial charge in [-0.25, -0.2) is 0 Å². The summed E-state index contributed by atoms with van der Waals surface area (Å²) in [5, 5.41) is 12.6. The number of benzene rings is 2. The molecule has 0 atom stereocenters. The molecule has 1 aromatic heterocycles. The number of rotatable bonds is 7. The lowest BCUT2D eigenvalue weighted by Gasteiger charge is -2.06. The second-order valence-corrected chi connectivity index (χ2v) is 7.05. The molecule has 0 saturated carbocycles. The molecule has 1 N–H and O–H groups in total. The van der Waals surface area contributed by atoms with Crippen LogP contribution in [0.25, 0.3) is 11.4 Å². The van der Waals surface area contributed by atoms with E-state index in [-0.39, 0.29) is 11.7 Å². The minimum absolute atomic E-state index is 0.118. The van der Waals surface area contributed by atoms with Crippen molar-refractivity contribution in [1.29, 1.82) is 0 Å². The van der Waals surface area contributed by atoms with Crippen molar-refractivity contribution in [2.45, 2.75) is 12.1 Å². The van der Waals surface area contributed by atoms with Crippen LogP contribution in [0.5, 0.6) is 5.75 Å². The van der Waals surface area contributed by atoms with Gasteiger partial charge in [0.1, 0.15) is 5.75 Å². The fraction of sp³-hybridized carbons (Fsp3) is 0.211. The zero-order valence-corrected chi connectivity index (χ0v) is 16.5. The Hall–Kier alpha value is -2.51. The molecule has 3 aromatic rings. The third-order valence-electron chi connectivity index (χ3n) is 3.72. The Morgan fingerprint density at radius 3 is 2.52 bits per heavy atom. The summed E-state index contributed by atoms with van der Waals surface area (Å²) in [4.78, 5) is 12.1. The van der Waals surface area contributed by atoms with Crippen LogP contribution in [0.4, 0.5) is 5.69 Å². The standard InChI is InChI=1S/C19H19ClN4O2S/c1-3-26-16-10-4-13(5-11-16)18-22-23-19(24(18)2)27-12-17(25)21-15-8-6-14(20)7-9-15/h4-11H,3,12H2,1-2H3,(H,21,25). The number of nitrogens with one attached hydrogen (secondary N) is 1. The number of halogens is 1. The molecule has 1 amide bonds. The number of carbonyl (C=O) groups is 1. The molecular formula is C19H19ClN4O2S. The van der Waals surface area contributed by atoms with Gasteiger partial charge in [0.05, 0.1) is 12.4 Å². The van der Waals surface area contributed by atoms with Crippen molar-refractivity contribution in [2.75, 3.05) is 17.7 Å². The first-order valence-corrected chi connectivity index (χ1v) is 9.74. The molecule has 2 aromatic carbocycles. The van der Waals surface area contributed by atoms with Crippen LogP contribution in [0.2, 0.25) is 5.02 Å². The SMILES string of the molecule is CCOc1ccc(-c2nnc(SCC(=O)Nc3ccc(Cl)cc3)n2C)cc1. The summed E-state index contributed by atoms with van der Waals surface area (Å²) >= 11 is 7.17. The Morgan fingerprint density at radius 1 is 1.15 bits per heavy atom. The van der Waals surface area contributed by atoms with E-state index in [0.717, 1.165) is 17.1 Å². The molecular weight excluding hydrogens is 384 g/mol. The summed E-state index contributed by atoms with van der Waals surface area (Å²) in [6.45, 7) is 2.57. The van der Waals surface area contributed by atoms with Crippen LogP contribution < -0.4 is 10.1 Å². The highest BCUT2D eigenvalue weighted by Gasteiger charge is 2.13. The first-order valence-electron chi connectivity index (χ1n) is 8.37. The van der Waals surface area contributed by atoms with Crippen molar-refractivity contribution in [3.63, 3.8) is 0 Å². The molecule has 0 aliphatic rings. The van der Waals surface area contributed by atoms with Crippen LogP contribution in [0.1, 0.15) is 6.92 Å². The van der Waals surface area contributed by atoms with E-state index in [1.165, 1.54) is 11.8 Å². The number of aromatic nitrogens is 3. The van der Waals surface area contributed by atoms with Gasteiger partial charge in [0.15, 0.2) is 11.0 Å². The number of ether oxygens (including phenoxy) is 1. The molecule has 27 heavy (non-hydrogen) atoms. The molecule has 140 valence electrons. The zero-order valence-electron chi connectivity index (χ0n) is 15.0. The van der Waals surface area contributed by atoms with Crippen LogP contribution >= 0.6 is 23.4 Å². The van der Waals surface area contributed by atoms with Crippen LogP contribution in [0, 0.1) is 0 Å². The first kappa shape index (κ1) is 19.3. The van der Waals surface area contributed by atoms with Crippen LogP contribution in [0.15, 0.2) is 53.7 Å². The van der Waals surface area contributed by atoms with Gasteiger partial charge in [0.2, 0.25) is 5.91 Å². The molecule has 0 bridgehead atoms. The van der Waals surface area contributed by atoms with E-state index in [2.05, 4.69) is 15.5 Å². The summed E-state index contributed by atoms with van der Waals surface area (Å²) < 4.78 is 7.32. The monoisotopic (exact) mass is 402 g/mol. The van der Waals surface area contributed by atoms with E-state index in [1.54, 1.807) is 24.3 Å². The summed E-state index contributed by atoms with van der Waals surface area (Å²) in [6.07, 6.45) is 0. The molecule has 0 radical (unpaired) electrons.